The molecule has 19 heavy (non-hydrogen) atoms. The molecule has 2 aliphatic rings. The molecule has 1 heterocycles. The third-order valence-corrected chi connectivity index (χ3v) is 3.91. The summed E-state index contributed by atoms with van der Waals surface area (Å²) in [5.41, 5.74) is 1.18. The van der Waals surface area contributed by atoms with Gasteiger partial charge in [-0.15, -0.1) is 0 Å². The van der Waals surface area contributed by atoms with Gasteiger partial charge in [-0.2, -0.15) is 0 Å². The van der Waals surface area contributed by atoms with Gasteiger partial charge in [-0.25, -0.2) is 0 Å². The van der Waals surface area contributed by atoms with Crippen LogP contribution in [0, 0.1) is 0 Å². The summed E-state index contributed by atoms with van der Waals surface area (Å²) in [6.45, 7) is 2.39. The molecule has 3 nitrogen and oxygen atoms in total. The van der Waals surface area contributed by atoms with Gasteiger partial charge in [0.15, 0.2) is 0 Å². The van der Waals surface area contributed by atoms with Gasteiger partial charge in [-0.3, -0.25) is 0 Å². The monoisotopic (exact) mass is 281 g/mol. The maximum absolute atomic E-state index is 6.18. The van der Waals surface area contributed by atoms with Crippen LogP contribution in [0.5, 0.6) is 0 Å². The molecule has 2 atom stereocenters. The molecule has 0 radical (unpaired) electrons. The van der Waals surface area contributed by atoms with Gasteiger partial charge < -0.3 is 14.8 Å². The number of benzene rings is 1. The molecule has 1 aliphatic carbocycles. The Labute approximate surface area is 119 Å². The summed E-state index contributed by atoms with van der Waals surface area (Å²) in [7, 11) is 0. The van der Waals surface area contributed by atoms with Crippen molar-refractivity contribution >= 4 is 11.6 Å². The van der Waals surface area contributed by atoms with Gasteiger partial charge >= 0.3 is 0 Å². The van der Waals surface area contributed by atoms with Crippen LogP contribution in [0.3, 0.4) is 0 Å². The minimum atomic E-state index is 0.0876. The maximum Gasteiger partial charge on any atom is 0.0954 e. The average Bonchev–Trinajstić information content (AvgIpc) is 3.11. The van der Waals surface area contributed by atoms with E-state index >= 15 is 0 Å². The molecule has 1 saturated heterocycles. The minimum Gasteiger partial charge on any atom is -0.379 e. The van der Waals surface area contributed by atoms with E-state index in [-0.39, 0.29) is 12.2 Å². The van der Waals surface area contributed by atoms with Crippen molar-refractivity contribution in [1.82, 2.24) is 5.32 Å². The van der Waals surface area contributed by atoms with Gasteiger partial charge in [0.2, 0.25) is 0 Å². The first kappa shape index (κ1) is 13.4. The van der Waals surface area contributed by atoms with Crippen molar-refractivity contribution in [3.63, 3.8) is 0 Å². The Kier molecular flexibility index (Phi) is 4.38. The summed E-state index contributed by atoms with van der Waals surface area (Å²) in [4.78, 5) is 0. The highest BCUT2D eigenvalue weighted by molar-refractivity contribution is 6.30. The van der Waals surface area contributed by atoms with Crippen LogP contribution >= 0.6 is 11.6 Å². The Morgan fingerprint density at radius 1 is 1.26 bits per heavy atom. The lowest BCUT2D eigenvalue weighted by atomic mass is 10.1. The zero-order valence-corrected chi connectivity index (χ0v) is 11.7. The summed E-state index contributed by atoms with van der Waals surface area (Å²) in [6, 6.07) is 8.65. The van der Waals surface area contributed by atoms with Gasteiger partial charge in [0.05, 0.1) is 18.8 Å². The summed E-state index contributed by atoms with van der Waals surface area (Å²) in [5, 5.41) is 4.31. The molecular formula is C15H20ClNO2. The predicted molar refractivity (Wildman–Crippen MR) is 75.5 cm³/mol. The van der Waals surface area contributed by atoms with Crippen LogP contribution in [0.25, 0.3) is 0 Å². The molecule has 3 rings (SSSR count). The van der Waals surface area contributed by atoms with E-state index in [1.807, 2.05) is 12.1 Å². The highest BCUT2D eigenvalue weighted by Gasteiger charge is 2.25. The van der Waals surface area contributed by atoms with E-state index in [0.29, 0.717) is 12.6 Å². The second kappa shape index (κ2) is 6.23. The third kappa shape index (κ3) is 3.93. The Morgan fingerprint density at radius 3 is 2.68 bits per heavy atom. The first-order valence-electron chi connectivity index (χ1n) is 7.03. The van der Waals surface area contributed by atoms with E-state index in [1.54, 1.807) is 0 Å². The Balaban J connectivity index is 1.64. The lowest BCUT2D eigenvalue weighted by molar-refractivity contribution is -0.0166. The molecule has 0 amide bonds. The van der Waals surface area contributed by atoms with Crippen molar-refractivity contribution in [3.8, 4) is 0 Å². The molecule has 1 N–H and O–H groups in total. The second-order valence-electron chi connectivity index (χ2n) is 5.34. The molecule has 1 aromatic rings. The third-order valence-electron chi connectivity index (χ3n) is 3.66. The van der Waals surface area contributed by atoms with Gasteiger partial charge in [0.25, 0.3) is 0 Å². The van der Waals surface area contributed by atoms with Crippen molar-refractivity contribution < 1.29 is 9.47 Å². The van der Waals surface area contributed by atoms with Crippen LogP contribution < -0.4 is 5.32 Å². The molecule has 2 fully saturated rings. The molecule has 0 spiro atoms. The van der Waals surface area contributed by atoms with E-state index < -0.39 is 0 Å². The Bertz CT molecular complexity index is 399. The van der Waals surface area contributed by atoms with Crippen LogP contribution in [0.15, 0.2) is 24.3 Å². The van der Waals surface area contributed by atoms with E-state index in [9.17, 15) is 0 Å². The summed E-state index contributed by atoms with van der Waals surface area (Å²) in [6.07, 6.45) is 3.89. The first-order chi connectivity index (χ1) is 9.31. The van der Waals surface area contributed by atoms with Gasteiger partial charge in [-0.05, 0) is 37.0 Å². The number of nitrogens with one attached hydrogen (secondary N) is 1. The zero-order valence-electron chi connectivity index (χ0n) is 11.0. The molecule has 1 aromatic carbocycles. The average molecular weight is 282 g/mol. The smallest absolute Gasteiger partial charge is 0.0954 e. The summed E-state index contributed by atoms with van der Waals surface area (Å²) in [5.74, 6) is 0. The quantitative estimate of drug-likeness (QED) is 0.870. The first-order valence-corrected chi connectivity index (χ1v) is 7.41. The SMILES string of the molecule is Clc1ccc(C(CNC2CC2)OC2CCOC2)cc1. The number of hydrogen-bond donors (Lipinski definition) is 1. The van der Waals surface area contributed by atoms with Crippen molar-refractivity contribution in [2.24, 2.45) is 0 Å². The Hall–Kier alpha value is -0.610. The maximum atomic E-state index is 6.18. The van der Waals surface area contributed by atoms with E-state index in [2.05, 4.69) is 17.4 Å². The van der Waals surface area contributed by atoms with Crippen LogP contribution in [-0.4, -0.2) is 31.9 Å². The fourth-order valence-electron chi connectivity index (χ4n) is 2.34. The molecule has 0 aromatic heterocycles. The highest BCUT2D eigenvalue weighted by atomic mass is 35.5. The zero-order chi connectivity index (χ0) is 13.1. The largest absolute Gasteiger partial charge is 0.379 e. The van der Waals surface area contributed by atoms with Crippen LogP contribution in [0.4, 0.5) is 0 Å². The Morgan fingerprint density at radius 2 is 2.05 bits per heavy atom. The lowest BCUT2D eigenvalue weighted by Crippen LogP contribution is -2.28. The minimum absolute atomic E-state index is 0.0876. The lowest BCUT2D eigenvalue weighted by Gasteiger charge is -2.22. The number of hydrogen-bond acceptors (Lipinski definition) is 3. The van der Waals surface area contributed by atoms with E-state index in [4.69, 9.17) is 21.1 Å². The fourth-order valence-corrected chi connectivity index (χ4v) is 2.46. The molecule has 4 heteroatoms. The normalized spacial score (nSPS) is 24.6. The van der Waals surface area contributed by atoms with Crippen LogP contribution in [0.1, 0.15) is 30.9 Å². The molecule has 1 saturated carbocycles. The standard InChI is InChI=1S/C15H20ClNO2/c16-12-3-1-11(2-4-12)15(9-17-13-5-6-13)19-14-7-8-18-10-14/h1-4,13-15,17H,5-10H2. The van der Waals surface area contributed by atoms with Gasteiger partial charge in [0, 0.05) is 24.2 Å². The van der Waals surface area contributed by atoms with Gasteiger partial charge in [0.1, 0.15) is 0 Å². The second-order valence-corrected chi connectivity index (χ2v) is 5.78. The summed E-state index contributed by atoms with van der Waals surface area (Å²) >= 11 is 5.95. The number of ether oxygens (including phenoxy) is 2. The van der Waals surface area contributed by atoms with Gasteiger partial charge in [-0.1, -0.05) is 23.7 Å². The van der Waals surface area contributed by atoms with E-state index in [1.165, 1.54) is 18.4 Å². The van der Waals surface area contributed by atoms with Crippen molar-refractivity contribution in [3.05, 3.63) is 34.9 Å². The van der Waals surface area contributed by atoms with Crippen LogP contribution in [-0.2, 0) is 9.47 Å². The topological polar surface area (TPSA) is 30.5 Å². The molecule has 1 aliphatic heterocycles. The van der Waals surface area contributed by atoms with E-state index in [0.717, 1.165) is 24.6 Å². The summed E-state index contributed by atoms with van der Waals surface area (Å²) < 4.78 is 11.6. The molecule has 2 unspecified atom stereocenters. The number of halogens is 1. The highest BCUT2D eigenvalue weighted by Crippen LogP contribution is 2.25. The fraction of sp³-hybridized carbons (Fsp3) is 0.600. The molecular weight excluding hydrogens is 262 g/mol. The number of rotatable bonds is 6. The predicted octanol–water partition coefficient (Wildman–Crippen LogP) is 2.94. The van der Waals surface area contributed by atoms with Crippen molar-refractivity contribution in [2.75, 3.05) is 19.8 Å². The van der Waals surface area contributed by atoms with Crippen molar-refractivity contribution in [2.45, 2.75) is 37.5 Å². The van der Waals surface area contributed by atoms with Crippen molar-refractivity contribution in [1.29, 1.82) is 0 Å². The molecule has 0 bridgehead atoms. The molecule has 104 valence electrons. The van der Waals surface area contributed by atoms with Crippen LogP contribution in [0.2, 0.25) is 5.02 Å².